The summed E-state index contributed by atoms with van der Waals surface area (Å²) in [5.41, 5.74) is 2.62. The summed E-state index contributed by atoms with van der Waals surface area (Å²) in [6, 6.07) is 4.47. The molecule has 41 heavy (non-hydrogen) atoms. The summed E-state index contributed by atoms with van der Waals surface area (Å²) in [5, 5.41) is 17.5. The molecule has 4 rings (SSSR count). The van der Waals surface area contributed by atoms with E-state index in [0.29, 0.717) is 24.8 Å². The molecule has 0 spiro atoms. The highest BCUT2D eigenvalue weighted by Crippen LogP contribution is 2.44. The lowest BCUT2D eigenvalue weighted by Gasteiger charge is -2.43. The van der Waals surface area contributed by atoms with Crippen LogP contribution in [0.1, 0.15) is 44.1 Å². The van der Waals surface area contributed by atoms with Gasteiger partial charge < -0.3 is 14.2 Å². The first-order chi connectivity index (χ1) is 19.4. The van der Waals surface area contributed by atoms with Crippen LogP contribution in [-0.4, -0.2) is 73.3 Å². The van der Waals surface area contributed by atoms with Gasteiger partial charge in [-0.15, -0.1) is 0 Å². The van der Waals surface area contributed by atoms with Gasteiger partial charge in [0.1, 0.15) is 12.3 Å². The predicted octanol–water partition coefficient (Wildman–Crippen LogP) is 3.36. The molecule has 232 valence electrons. The first-order valence-electron chi connectivity index (χ1n) is 13.5. The summed E-state index contributed by atoms with van der Waals surface area (Å²) in [6.45, 7) is -0.346. The number of ether oxygens (including phenoxy) is 3. The number of piperidine rings is 1. The van der Waals surface area contributed by atoms with Gasteiger partial charge in [0.2, 0.25) is 11.6 Å². The molecule has 8 atom stereocenters. The number of nitrogens with zero attached hydrogens (tertiary/aromatic N) is 1. The predicted molar refractivity (Wildman–Crippen MR) is 132 cm³/mol. The van der Waals surface area contributed by atoms with Crippen molar-refractivity contribution in [1.82, 2.24) is 21.5 Å². The van der Waals surface area contributed by atoms with E-state index < -0.39 is 78.4 Å². The molecule has 0 aromatic heterocycles. The van der Waals surface area contributed by atoms with E-state index >= 15 is 0 Å². The molecule has 0 aliphatic carbocycles. The Morgan fingerprint density at radius 2 is 1.80 bits per heavy atom. The fourth-order valence-corrected chi connectivity index (χ4v) is 5.81. The number of benzene rings is 1. The lowest BCUT2D eigenvalue weighted by molar-refractivity contribution is -0.537. The number of halogens is 6. The highest BCUT2D eigenvalue weighted by atomic mass is 19.4. The largest absolute Gasteiger partial charge is 0.421 e. The highest BCUT2D eigenvalue weighted by Gasteiger charge is 2.64. The van der Waals surface area contributed by atoms with Gasteiger partial charge in [-0.2, -0.15) is 26.3 Å². The third kappa shape index (κ3) is 7.29. The molecule has 10 nitrogen and oxygen atoms in total. The van der Waals surface area contributed by atoms with E-state index in [4.69, 9.17) is 14.2 Å². The van der Waals surface area contributed by atoms with E-state index in [1.165, 1.54) is 7.11 Å². The molecule has 3 aliphatic rings. The zero-order valence-electron chi connectivity index (χ0n) is 22.3. The molecule has 0 saturated carbocycles. The Hall–Kier alpha value is -2.08. The van der Waals surface area contributed by atoms with Crippen LogP contribution in [0.4, 0.5) is 26.3 Å². The van der Waals surface area contributed by atoms with Gasteiger partial charge >= 0.3 is 12.4 Å². The second-order valence-corrected chi connectivity index (χ2v) is 10.7. The summed E-state index contributed by atoms with van der Waals surface area (Å²) < 4.78 is 103. The van der Waals surface area contributed by atoms with E-state index in [2.05, 4.69) is 21.5 Å². The monoisotopic (exact) mass is 599 g/mol. The van der Waals surface area contributed by atoms with Crippen molar-refractivity contribution in [2.75, 3.05) is 13.7 Å². The number of alkyl halides is 6. The minimum atomic E-state index is -4.93. The molecule has 3 aliphatic heterocycles. The van der Waals surface area contributed by atoms with Crippen molar-refractivity contribution in [2.24, 2.45) is 5.92 Å². The molecule has 16 heteroatoms. The number of rotatable bonds is 6. The average molecular weight is 600 g/mol. The van der Waals surface area contributed by atoms with Crippen LogP contribution in [0.25, 0.3) is 0 Å². The van der Waals surface area contributed by atoms with Crippen molar-refractivity contribution in [2.45, 2.75) is 99.8 Å². The van der Waals surface area contributed by atoms with Gasteiger partial charge in [-0.3, -0.25) is 20.7 Å². The maximum absolute atomic E-state index is 14.9. The Labute approximate surface area is 233 Å². The Morgan fingerprint density at radius 3 is 2.44 bits per heavy atom. The number of nitrogens with one attached hydrogen (secondary N) is 4. The molecule has 1 aromatic rings. The van der Waals surface area contributed by atoms with Gasteiger partial charge in [-0.1, -0.05) is 49.6 Å². The highest BCUT2D eigenvalue weighted by molar-refractivity contribution is 5.14. The van der Waals surface area contributed by atoms with Gasteiger partial charge in [0.15, 0.2) is 6.23 Å². The summed E-state index contributed by atoms with van der Waals surface area (Å²) in [4.78, 5) is 11.1. The Bertz CT molecular complexity index is 1010. The molecule has 0 radical (unpaired) electrons. The lowest BCUT2D eigenvalue weighted by atomic mass is 9.85. The minimum Gasteiger partial charge on any atom is -0.383 e. The summed E-state index contributed by atoms with van der Waals surface area (Å²) in [6.07, 6.45) is -14.7. The van der Waals surface area contributed by atoms with E-state index in [-0.39, 0.29) is 19.6 Å². The third-order valence-electron chi connectivity index (χ3n) is 7.97. The quantitative estimate of drug-likeness (QED) is 0.222. The number of hydrogen-bond donors (Lipinski definition) is 4. The smallest absolute Gasteiger partial charge is 0.383 e. The van der Waals surface area contributed by atoms with Crippen LogP contribution in [0, 0.1) is 16.0 Å². The SMILES string of the molecule is COCC1CCCCC[C@](OCc2ccccc2)(C(F)(F)F)C2NNC(O2)C2NC(N1)C(C(F)(F)F)CC2[N+](=O)[O-]. The lowest BCUT2D eigenvalue weighted by Crippen LogP contribution is -2.70. The van der Waals surface area contributed by atoms with Crippen LogP contribution in [0.5, 0.6) is 0 Å². The fraction of sp³-hybridized carbons (Fsp3) is 0.760. The maximum Gasteiger partial charge on any atom is 0.421 e. The normalized spacial score (nSPS) is 35.5. The molecule has 1 aromatic carbocycles. The number of hydrazine groups is 1. The van der Waals surface area contributed by atoms with E-state index in [1.54, 1.807) is 30.3 Å². The number of hydrogen-bond acceptors (Lipinski definition) is 9. The Morgan fingerprint density at radius 1 is 1.07 bits per heavy atom. The van der Waals surface area contributed by atoms with Crippen LogP contribution >= 0.6 is 0 Å². The zero-order chi connectivity index (χ0) is 29.8. The standard InChI is InChI=1S/C25H35F6N5O5/c1-39-14-16-10-6-3-7-11-23(25(29,30)31,40-13-15-8-4-2-5-9-15)22-35-34-21(41-22)19-18(36(37)38)12-17(24(26,27)28)20(32-16)33-19/h2,4-5,8-9,16-22,32-35H,3,6-7,10-14H2,1H3/t16?,17?,18?,19?,20?,21?,22?,23-/m1/s1. The van der Waals surface area contributed by atoms with Crippen molar-refractivity contribution < 1.29 is 45.5 Å². The van der Waals surface area contributed by atoms with Gasteiger partial charge in [0.05, 0.1) is 25.3 Å². The second-order valence-electron chi connectivity index (χ2n) is 10.7. The average Bonchev–Trinajstić information content (AvgIpc) is 3.39. The van der Waals surface area contributed by atoms with Crippen molar-refractivity contribution in [3.8, 4) is 0 Å². The molecular weight excluding hydrogens is 564 g/mol. The van der Waals surface area contributed by atoms with E-state index in [1.807, 2.05) is 0 Å². The third-order valence-corrected chi connectivity index (χ3v) is 7.97. The number of methoxy groups -OCH3 is 1. The molecule has 3 heterocycles. The summed E-state index contributed by atoms with van der Waals surface area (Å²) in [7, 11) is 1.39. The minimum absolute atomic E-state index is 0.0422. The second kappa shape index (κ2) is 13.1. The van der Waals surface area contributed by atoms with Gasteiger partial charge in [0.25, 0.3) is 0 Å². The molecule has 4 N–H and O–H groups in total. The molecule has 7 unspecified atom stereocenters. The topological polar surface area (TPSA) is 119 Å². The Kier molecular flexibility index (Phi) is 10.1. The zero-order valence-corrected chi connectivity index (χ0v) is 22.3. The van der Waals surface area contributed by atoms with E-state index in [9.17, 15) is 36.5 Å². The van der Waals surface area contributed by atoms with Crippen LogP contribution in [0.3, 0.4) is 0 Å². The maximum atomic E-state index is 14.9. The van der Waals surface area contributed by atoms with Crippen molar-refractivity contribution in [3.05, 3.63) is 46.0 Å². The van der Waals surface area contributed by atoms with Crippen molar-refractivity contribution >= 4 is 0 Å². The summed E-state index contributed by atoms with van der Waals surface area (Å²) >= 11 is 0. The van der Waals surface area contributed by atoms with Crippen LogP contribution in [0.2, 0.25) is 0 Å². The van der Waals surface area contributed by atoms with Crippen molar-refractivity contribution in [3.63, 3.8) is 0 Å². The van der Waals surface area contributed by atoms with E-state index in [0.717, 1.165) is 0 Å². The fourth-order valence-electron chi connectivity index (χ4n) is 5.81. The first-order valence-corrected chi connectivity index (χ1v) is 13.5. The number of nitro groups is 1. The van der Waals surface area contributed by atoms with Gasteiger partial charge in [-0.25, -0.2) is 10.9 Å². The molecule has 4 bridgehead atoms. The van der Waals surface area contributed by atoms with Crippen LogP contribution in [0.15, 0.2) is 30.3 Å². The first kappa shape index (κ1) is 31.8. The van der Waals surface area contributed by atoms with Crippen LogP contribution < -0.4 is 21.5 Å². The molecule has 3 fully saturated rings. The molecule has 0 amide bonds. The summed E-state index contributed by atoms with van der Waals surface area (Å²) in [5.74, 6) is -2.13. The van der Waals surface area contributed by atoms with Gasteiger partial charge in [0, 0.05) is 24.5 Å². The van der Waals surface area contributed by atoms with Crippen molar-refractivity contribution in [1.29, 1.82) is 0 Å². The van der Waals surface area contributed by atoms with Gasteiger partial charge in [-0.05, 0) is 18.4 Å². The molecule has 3 saturated heterocycles. The number of fused-ring (bicyclic) bond motifs is 5. The Balaban J connectivity index is 1.69. The molecular formula is C25H35F6N5O5. The van der Waals surface area contributed by atoms with Crippen LogP contribution in [-0.2, 0) is 20.8 Å².